The van der Waals surface area contributed by atoms with Crippen LogP contribution in [0.1, 0.15) is 30.0 Å². The molecule has 0 unspecified atom stereocenters. The number of hydrogen-bond donors (Lipinski definition) is 0. The molecule has 4 nitrogen and oxygen atoms in total. The lowest BCUT2D eigenvalue weighted by Gasteiger charge is -2.25. The Hall–Kier alpha value is -2.46. The molecule has 26 heavy (non-hydrogen) atoms. The fourth-order valence-electron chi connectivity index (χ4n) is 3.29. The van der Waals surface area contributed by atoms with Gasteiger partial charge in [0, 0.05) is 23.2 Å². The van der Waals surface area contributed by atoms with Crippen LogP contribution in [0.5, 0.6) is 11.5 Å². The van der Waals surface area contributed by atoms with Crippen LogP contribution in [0.2, 0.25) is 5.02 Å². The van der Waals surface area contributed by atoms with Gasteiger partial charge in [0.2, 0.25) is 5.91 Å². The second-order valence-corrected chi connectivity index (χ2v) is 6.62. The van der Waals surface area contributed by atoms with Crippen LogP contribution < -0.4 is 9.47 Å². The third-order valence-corrected chi connectivity index (χ3v) is 4.87. The molecule has 0 N–H and O–H groups in total. The number of carbonyl (C=O) groups excluding carboxylic acids is 1. The van der Waals surface area contributed by atoms with Crippen LogP contribution in [0.3, 0.4) is 0 Å². The zero-order valence-corrected chi connectivity index (χ0v) is 15.7. The van der Waals surface area contributed by atoms with Crippen molar-refractivity contribution in [3.63, 3.8) is 0 Å². The van der Waals surface area contributed by atoms with Gasteiger partial charge in [0.25, 0.3) is 0 Å². The van der Waals surface area contributed by atoms with Gasteiger partial charge in [-0.1, -0.05) is 23.7 Å². The van der Waals surface area contributed by atoms with Crippen molar-refractivity contribution in [2.24, 2.45) is 0 Å². The van der Waals surface area contributed by atoms with E-state index < -0.39 is 0 Å². The van der Waals surface area contributed by atoms with Gasteiger partial charge in [-0.15, -0.1) is 0 Å². The lowest BCUT2D eigenvalue weighted by molar-refractivity contribution is -0.126. The molecule has 1 atom stereocenters. The largest absolute Gasteiger partial charge is 0.497 e. The van der Waals surface area contributed by atoms with Crippen molar-refractivity contribution in [3.05, 3.63) is 64.7 Å². The zero-order valence-electron chi connectivity index (χ0n) is 14.9. The second-order valence-electron chi connectivity index (χ2n) is 6.18. The Labute approximate surface area is 159 Å². The number of amides is 1. The third kappa shape index (κ3) is 4.02. The van der Waals surface area contributed by atoms with Crippen molar-refractivity contribution >= 4 is 23.6 Å². The fraction of sp³-hybridized carbons (Fsp3) is 0.286. The molecule has 0 spiro atoms. The summed E-state index contributed by atoms with van der Waals surface area (Å²) in [6, 6.07) is 13.1. The maximum atomic E-state index is 12.8. The minimum Gasteiger partial charge on any atom is -0.497 e. The molecule has 0 saturated carbocycles. The standard InChI is InChI=1S/C21H22ClNO3/c1-25-17-10-11-20(26-2)18(14-17)19-4-3-13-23(19)21(24)12-7-15-5-8-16(22)9-6-15/h5-12,14,19H,3-4,13H2,1-2H3/b12-7+/t19-/m1/s1. The molecule has 1 aliphatic heterocycles. The summed E-state index contributed by atoms with van der Waals surface area (Å²) in [5.41, 5.74) is 1.93. The number of rotatable bonds is 5. The van der Waals surface area contributed by atoms with E-state index >= 15 is 0 Å². The van der Waals surface area contributed by atoms with Gasteiger partial charge in [-0.2, -0.15) is 0 Å². The van der Waals surface area contributed by atoms with E-state index in [1.54, 1.807) is 20.3 Å². The van der Waals surface area contributed by atoms with Gasteiger partial charge in [-0.25, -0.2) is 0 Å². The lowest BCUT2D eigenvalue weighted by atomic mass is 10.0. The molecule has 0 aliphatic carbocycles. The summed E-state index contributed by atoms with van der Waals surface area (Å²) in [5, 5.41) is 0.679. The SMILES string of the molecule is COc1ccc(OC)c([C@H]2CCCN2C(=O)/C=C/c2ccc(Cl)cc2)c1. The van der Waals surface area contributed by atoms with Crippen molar-refractivity contribution < 1.29 is 14.3 Å². The van der Waals surface area contributed by atoms with Crippen molar-refractivity contribution in [1.29, 1.82) is 0 Å². The first-order valence-corrected chi connectivity index (χ1v) is 8.96. The molecule has 1 aliphatic rings. The Bertz CT molecular complexity index is 801. The third-order valence-electron chi connectivity index (χ3n) is 4.62. The van der Waals surface area contributed by atoms with Crippen molar-refractivity contribution in [2.45, 2.75) is 18.9 Å². The Kier molecular flexibility index (Phi) is 5.84. The Morgan fingerprint density at radius 1 is 1.15 bits per heavy atom. The monoisotopic (exact) mass is 371 g/mol. The van der Waals surface area contributed by atoms with E-state index in [1.807, 2.05) is 53.4 Å². The lowest BCUT2D eigenvalue weighted by Crippen LogP contribution is -2.29. The van der Waals surface area contributed by atoms with Crippen molar-refractivity contribution in [2.75, 3.05) is 20.8 Å². The molecule has 2 aromatic carbocycles. The maximum absolute atomic E-state index is 12.8. The summed E-state index contributed by atoms with van der Waals surface area (Å²) in [6.45, 7) is 0.731. The predicted molar refractivity (Wildman–Crippen MR) is 104 cm³/mol. The van der Waals surface area contributed by atoms with Gasteiger partial charge in [-0.3, -0.25) is 4.79 Å². The highest BCUT2D eigenvalue weighted by molar-refractivity contribution is 6.30. The van der Waals surface area contributed by atoms with E-state index in [0.717, 1.165) is 42.0 Å². The summed E-state index contributed by atoms with van der Waals surface area (Å²) >= 11 is 5.90. The normalized spacial score (nSPS) is 16.9. The Morgan fingerprint density at radius 3 is 2.62 bits per heavy atom. The van der Waals surface area contributed by atoms with Crippen LogP contribution in [-0.2, 0) is 4.79 Å². The number of carbonyl (C=O) groups is 1. The molecule has 136 valence electrons. The summed E-state index contributed by atoms with van der Waals surface area (Å²) < 4.78 is 10.8. The minimum atomic E-state index is -0.0117. The first kappa shape index (κ1) is 18.3. The van der Waals surface area contributed by atoms with Gasteiger partial charge in [0.1, 0.15) is 11.5 Å². The van der Waals surface area contributed by atoms with Crippen molar-refractivity contribution in [3.8, 4) is 11.5 Å². The van der Waals surface area contributed by atoms with Gasteiger partial charge in [0.05, 0.1) is 20.3 Å². The molecular formula is C21H22ClNO3. The quantitative estimate of drug-likeness (QED) is 0.713. The van der Waals surface area contributed by atoms with Gasteiger partial charge < -0.3 is 14.4 Å². The molecule has 2 aromatic rings. The first-order valence-electron chi connectivity index (χ1n) is 8.58. The van der Waals surface area contributed by atoms with Crippen molar-refractivity contribution in [1.82, 2.24) is 4.90 Å². The summed E-state index contributed by atoms with van der Waals surface area (Å²) in [5.74, 6) is 1.53. The van der Waals surface area contributed by atoms with E-state index in [1.165, 1.54) is 0 Å². The van der Waals surface area contributed by atoms with Gasteiger partial charge in [0.15, 0.2) is 0 Å². The predicted octanol–water partition coefficient (Wildman–Crippen LogP) is 4.73. The van der Waals surface area contributed by atoms with Gasteiger partial charge >= 0.3 is 0 Å². The van der Waals surface area contributed by atoms with Crippen LogP contribution in [0, 0.1) is 0 Å². The number of benzene rings is 2. The number of methoxy groups -OCH3 is 2. The molecular weight excluding hydrogens is 350 g/mol. The number of nitrogens with zero attached hydrogens (tertiary/aromatic N) is 1. The molecule has 1 amide bonds. The fourth-order valence-corrected chi connectivity index (χ4v) is 3.42. The average molecular weight is 372 g/mol. The van der Waals surface area contributed by atoms with Crippen LogP contribution >= 0.6 is 11.6 Å². The number of ether oxygens (including phenoxy) is 2. The van der Waals surface area contributed by atoms with Crippen LogP contribution in [0.4, 0.5) is 0 Å². The minimum absolute atomic E-state index is 0.00711. The number of likely N-dealkylation sites (tertiary alicyclic amines) is 1. The Morgan fingerprint density at radius 2 is 1.92 bits per heavy atom. The molecule has 0 radical (unpaired) electrons. The van der Waals surface area contributed by atoms with Crippen LogP contribution in [-0.4, -0.2) is 31.6 Å². The molecule has 1 heterocycles. The second kappa shape index (κ2) is 8.28. The van der Waals surface area contributed by atoms with Crippen LogP contribution in [0.25, 0.3) is 6.08 Å². The summed E-state index contributed by atoms with van der Waals surface area (Å²) in [6.07, 6.45) is 5.31. The van der Waals surface area contributed by atoms with E-state index in [-0.39, 0.29) is 11.9 Å². The highest BCUT2D eigenvalue weighted by Crippen LogP contribution is 2.39. The average Bonchev–Trinajstić information content (AvgIpc) is 3.16. The van der Waals surface area contributed by atoms with E-state index in [0.29, 0.717) is 5.02 Å². The molecule has 0 aromatic heterocycles. The van der Waals surface area contributed by atoms with E-state index in [4.69, 9.17) is 21.1 Å². The molecule has 3 rings (SSSR count). The van der Waals surface area contributed by atoms with E-state index in [9.17, 15) is 4.79 Å². The van der Waals surface area contributed by atoms with E-state index in [2.05, 4.69) is 0 Å². The smallest absolute Gasteiger partial charge is 0.247 e. The molecule has 1 fully saturated rings. The topological polar surface area (TPSA) is 38.8 Å². The van der Waals surface area contributed by atoms with Gasteiger partial charge in [-0.05, 0) is 54.8 Å². The molecule has 0 bridgehead atoms. The Balaban J connectivity index is 1.81. The zero-order chi connectivity index (χ0) is 18.5. The maximum Gasteiger partial charge on any atom is 0.247 e. The number of hydrogen-bond acceptors (Lipinski definition) is 3. The number of halogens is 1. The highest BCUT2D eigenvalue weighted by Gasteiger charge is 2.31. The highest BCUT2D eigenvalue weighted by atomic mass is 35.5. The van der Waals surface area contributed by atoms with Crippen LogP contribution in [0.15, 0.2) is 48.5 Å². The summed E-state index contributed by atoms with van der Waals surface area (Å²) in [7, 11) is 3.28. The molecule has 5 heteroatoms. The molecule has 1 saturated heterocycles. The first-order chi connectivity index (χ1) is 12.6. The summed E-state index contributed by atoms with van der Waals surface area (Å²) in [4.78, 5) is 14.7.